The number of anilines is 1. The Labute approximate surface area is 114 Å². The molecule has 0 bridgehead atoms. The van der Waals surface area contributed by atoms with Crippen molar-refractivity contribution in [3.05, 3.63) is 53.3 Å². The molecule has 0 saturated heterocycles. The Hall–Kier alpha value is -2.03. The van der Waals surface area contributed by atoms with E-state index in [-0.39, 0.29) is 6.04 Å². The van der Waals surface area contributed by atoms with E-state index in [1.807, 2.05) is 24.4 Å². The molecule has 0 saturated carbocycles. The number of ether oxygens (including phenoxy) is 1. The fraction of sp³-hybridized carbons (Fsp3) is 0.312. The maximum atomic E-state index is 5.45. The molecule has 1 heterocycles. The van der Waals surface area contributed by atoms with Crippen molar-refractivity contribution in [2.24, 2.45) is 0 Å². The first-order chi connectivity index (χ1) is 9.13. The van der Waals surface area contributed by atoms with Crippen molar-refractivity contribution in [3.8, 4) is 5.75 Å². The van der Waals surface area contributed by atoms with Crippen molar-refractivity contribution in [1.82, 2.24) is 4.98 Å². The van der Waals surface area contributed by atoms with Gasteiger partial charge in [0.2, 0.25) is 0 Å². The largest absolute Gasteiger partial charge is 0.496 e. The predicted molar refractivity (Wildman–Crippen MR) is 78.7 cm³/mol. The van der Waals surface area contributed by atoms with Crippen LogP contribution < -0.4 is 10.1 Å². The number of aromatic nitrogens is 1. The Kier molecular flexibility index (Phi) is 4.05. The molecular formula is C16H20N2O. The van der Waals surface area contributed by atoms with E-state index >= 15 is 0 Å². The van der Waals surface area contributed by atoms with Crippen LogP contribution in [0.15, 0.2) is 36.5 Å². The molecule has 100 valence electrons. The highest BCUT2D eigenvalue weighted by Gasteiger charge is 2.11. The number of benzene rings is 1. The third kappa shape index (κ3) is 2.87. The van der Waals surface area contributed by atoms with Crippen molar-refractivity contribution in [2.45, 2.75) is 26.8 Å². The van der Waals surface area contributed by atoms with Gasteiger partial charge in [0.05, 0.1) is 18.8 Å². The van der Waals surface area contributed by atoms with E-state index in [2.05, 4.69) is 43.2 Å². The standard InChI is InChI=1S/C16H20N2O/c1-11-8-9-14(12(2)16(11)19-4)18-13(3)15-7-5-6-10-17-15/h5-10,13,18H,1-4H3. The lowest BCUT2D eigenvalue weighted by Gasteiger charge is -2.19. The van der Waals surface area contributed by atoms with Crippen LogP contribution in [-0.4, -0.2) is 12.1 Å². The number of nitrogens with one attached hydrogen (secondary N) is 1. The lowest BCUT2D eigenvalue weighted by Crippen LogP contribution is -2.09. The average Bonchev–Trinajstić information content (AvgIpc) is 2.43. The Morgan fingerprint density at radius 2 is 1.95 bits per heavy atom. The zero-order valence-electron chi connectivity index (χ0n) is 11.9. The minimum absolute atomic E-state index is 0.160. The molecule has 0 fully saturated rings. The third-order valence-corrected chi connectivity index (χ3v) is 3.31. The van der Waals surface area contributed by atoms with Crippen molar-refractivity contribution in [3.63, 3.8) is 0 Å². The van der Waals surface area contributed by atoms with Gasteiger partial charge >= 0.3 is 0 Å². The number of hydrogen-bond donors (Lipinski definition) is 1. The monoisotopic (exact) mass is 256 g/mol. The predicted octanol–water partition coefficient (Wildman–Crippen LogP) is 3.88. The molecule has 2 rings (SSSR count). The summed E-state index contributed by atoms with van der Waals surface area (Å²) in [5.41, 5.74) is 4.39. The highest BCUT2D eigenvalue weighted by atomic mass is 16.5. The van der Waals surface area contributed by atoms with Gasteiger partial charge in [0.15, 0.2) is 0 Å². The molecule has 3 nitrogen and oxygen atoms in total. The van der Waals surface area contributed by atoms with Crippen LogP contribution in [0.1, 0.15) is 29.8 Å². The smallest absolute Gasteiger partial charge is 0.126 e. The van der Waals surface area contributed by atoms with E-state index in [4.69, 9.17) is 4.74 Å². The van der Waals surface area contributed by atoms with E-state index in [1.54, 1.807) is 7.11 Å². The van der Waals surface area contributed by atoms with Gasteiger partial charge in [0, 0.05) is 17.4 Å². The molecule has 0 aliphatic carbocycles. The van der Waals surface area contributed by atoms with Crippen molar-refractivity contribution < 1.29 is 4.74 Å². The van der Waals surface area contributed by atoms with Gasteiger partial charge in [-0.3, -0.25) is 4.98 Å². The Morgan fingerprint density at radius 3 is 2.58 bits per heavy atom. The molecule has 1 aromatic heterocycles. The summed E-state index contributed by atoms with van der Waals surface area (Å²) in [6.45, 7) is 6.23. The molecule has 19 heavy (non-hydrogen) atoms. The summed E-state index contributed by atoms with van der Waals surface area (Å²) in [6.07, 6.45) is 1.82. The van der Waals surface area contributed by atoms with Gasteiger partial charge in [-0.1, -0.05) is 12.1 Å². The maximum absolute atomic E-state index is 5.45. The van der Waals surface area contributed by atoms with Crippen molar-refractivity contribution in [2.75, 3.05) is 12.4 Å². The zero-order valence-corrected chi connectivity index (χ0v) is 11.9. The van der Waals surface area contributed by atoms with Crippen molar-refractivity contribution in [1.29, 1.82) is 0 Å². The molecule has 3 heteroatoms. The molecule has 0 aliphatic rings. The Balaban J connectivity index is 2.25. The molecule has 1 unspecified atom stereocenters. The van der Waals surface area contributed by atoms with Crippen LogP contribution in [0, 0.1) is 13.8 Å². The molecule has 0 radical (unpaired) electrons. The molecule has 1 aromatic carbocycles. The molecule has 2 aromatic rings. The normalized spacial score (nSPS) is 12.0. The molecular weight excluding hydrogens is 236 g/mol. The third-order valence-electron chi connectivity index (χ3n) is 3.31. The van der Waals surface area contributed by atoms with Gasteiger partial charge in [-0.25, -0.2) is 0 Å². The molecule has 0 aliphatic heterocycles. The second-order valence-electron chi connectivity index (χ2n) is 4.71. The number of aryl methyl sites for hydroxylation is 1. The molecule has 1 N–H and O–H groups in total. The van der Waals surface area contributed by atoms with Crippen LogP contribution in [-0.2, 0) is 0 Å². The zero-order chi connectivity index (χ0) is 13.8. The SMILES string of the molecule is COc1c(C)ccc(NC(C)c2ccccn2)c1C. The van der Waals surface area contributed by atoms with Crippen molar-refractivity contribution >= 4 is 5.69 Å². The average molecular weight is 256 g/mol. The van der Waals surface area contributed by atoms with E-state index in [1.165, 1.54) is 0 Å². The quantitative estimate of drug-likeness (QED) is 0.901. The van der Waals surface area contributed by atoms with Gasteiger partial charge in [0.25, 0.3) is 0 Å². The fourth-order valence-corrected chi connectivity index (χ4v) is 2.24. The second kappa shape index (κ2) is 5.74. The van der Waals surface area contributed by atoms with E-state index in [0.717, 1.165) is 28.3 Å². The van der Waals surface area contributed by atoms with E-state index in [0.29, 0.717) is 0 Å². The summed E-state index contributed by atoms with van der Waals surface area (Å²) in [5.74, 6) is 0.943. The summed E-state index contributed by atoms with van der Waals surface area (Å²) >= 11 is 0. The summed E-state index contributed by atoms with van der Waals surface area (Å²) in [6, 6.07) is 10.3. The summed E-state index contributed by atoms with van der Waals surface area (Å²) in [4.78, 5) is 4.37. The van der Waals surface area contributed by atoms with Crippen LogP contribution in [0.2, 0.25) is 0 Å². The van der Waals surface area contributed by atoms with Crippen LogP contribution >= 0.6 is 0 Å². The van der Waals surface area contributed by atoms with Gasteiger partial charge in [-0.2, -0.15) is 0 Å². The molecule has 1 atom stereocenters. The molecule has 0 amide bonds. The number of pyridine rings is 1. The lowest BCUT2D eigenvalue weighted by molar-refractivity contribution is 0.409. The minimum atomic E-state index is 0.160. The highest BCUT2D eigenvalue weighted by molar-refractivity contribution is 5.60. The Morgan fingerprint density at radius 1 is 1.16 bits per heavy atom. The van der Waals surface area contributed by atoms with Crippen LogP contribution in [0.5, 0.6) is 5.75 Å². The van der Waals surface area contributed by atoms with Crippen LogP contribution in [0.3, 0.4) is 0 Å². The van der Waals surface area contributed by atoms with Gasteiger partial charge in [0.1, 0.15) is 5.75 Å². The second-order valence-corrected chi connectivity index (χ2v) is 4.71. The first-order valence-electron chi connectivity index (χ1n) is 6.45. The number of nitrogens with zero attached hydrogens (tertiary/aromatic N) is 1. The van der Waals surface area contributed by atoms with Crippen LogP contribution in [0.4, 0.5) is 5.69 Å². The Bertz CT molecular complexity index is 552. The topological polar surface area (TPSA) is 34.1 Å². The summed E-state index contributed by atoms with van der Waals surface area (Å²) < 4.78 is 5.45. The number of methoxy groups -OCH3 is 1. The highest BCUT2D eigenvalue weighted by Crippen LogP contribution is 2.31. The van der Waals surface area contributed by atoms with Gasteiger partial charge in [-0.15, -0.1) is 0 Å². The molecule has 0 spiro atoms. The fourth-order valence-electron chi connectivity index (χ4n) is 2.24. The minimum Gasteiger partial charge on any atom is -0.496 e. The van der Waals surface area contributed by atoms with E-state index in [9.17, 15) is 0 Å². The maximum Gasteiger partial charge on any atom is 0.126 e. The first-order valence-corrected chi connectivity index (χ1v) is 6.45. The van der Waals surface area contributed by atoms with E-state index < -0.39 is 0 Å². The van der Waals surface area contributed by atoms with Gasteiger partial charge in [-0.05, 0) is 44.5 Å². The number of rotatable bonds is 4. The summed E-state index contributed by atoms with van der Waals surface area (Å²) in [5, 5.41) is 3.49. The summed E-state index contributed by atoms with van der Waals surface area (Å²) in [7, 11) is 1.71. The van der Waals surface area contributed by atoms with Gasteiger partial charge < -0.3 is 10.1 Å². The lowest BCUT2D eigenvalue weighted by atomic mass is 10.1. The first kappa shape index (κ1) is 13.4. The van der Waals surface area contributed by atoms with Crippen LogP contribution in [0.25, 0.3) is 0 Å². The number of hydrogen-bond acceptors (Lipinski definition) is 3.